The first kappa shape index (κ1) is 18.5. The Morgan fingerprint density at radius 2 is 1.96 bits per heavy atom. The van der Waals surface area contributed by atoms with Gasteiger partial charge in [0.25, 0.3) is 0 Å². The number of rotatable bonds is 5. The van der Waals surface area contributed by atoms with Crippen molar-refractivity contribution in [1.29, 1.82) is 0 Å². The fourth-order valence-corrected chi connectivity index (χ4v) is 4.33. The van der Waals surface area contributed by atoms with Crippen LogP contribution in [-0.4, -0.2) is 30.4 Å². The smallest absolute Gasteiger partial charge is 0.225 e. The number of hydrogen-bond donors (Lipinski definition) is 1. The van der Waals surface area contributed by atoms with Gasteiger partial charge in [-0.3, -0.25) is 9.59 Å². The molecule has 2 aromatic carbocycles. The predicted molar refractivity (Wildman–Crippen MR) is 107 cm³/mol. The molecule has 0 saturated carbocycles. The van der Waals surface area contributed by atoms with E-state index >= 15 is 0 Å². The van der Waals surface area contributed by atoms with E-state index in [4.69, 9.17) is 4.74 Å². The van der Waals surface area contributed by atoms with E-state index in [0.29, 0.717) is 13.1 Å². The molecule has 0 spiro atoms. The van der Waals surface area contributed by atoms with Crippen LogP contribution in [0.2, 0.25) is 0 Å². The number of carbonyl (C=O) groups excluding carboxylic acids is 2. The van der Waals surface area contributed by atoms with Crippen molar-refractivity contribution in [2.24, 2.45) is 5.92 Å². The third-order valence-corrected chi connectivity index (χ3v) is 5.82. The first-order valence-corrected chi connectivity index (χ1v) is 9.93. The van der Waals surface area contributed by atoms with Gasteiger partial charge in [-0.1, -0.05) is 42.5 Å². The maximum absolute atomic E-state index is 12.9. The molecule has 2 atom stereocenters. The number of aryl methyl sites for hydroxylation is 1. The minimum Gasteiger partial charge on any atom is -0.496 e. The molecule has 28 heavy (non-hydrogen) atoms. The van der Waals surface area contributed by atoms with E-state index < -0.39 is 0 Å². The molecule has 1 saturated heterocycles. The molecule has 0 bridgehead atoms. The molecule has 2 amide bonds. The summed E-state index contributed by atoms with van der Waals surface area (Å²) in [5.41, 5.74) is 3.50. The Bertz CT molecular complexity index is 880. The second-order valence-electron chi connectivity index (χ2n) is 7.64. The maximum atomic E-state index is 12.9. The van der Waals surface area contributed by atoms with Crippen molar-refractivity contribution >= 4 is 11.8 Å². The SMILES string of the molecule is COc1ccccc1CN1CC(C(=O)NC2CCCc3ccccc32)CC1=O. The highest BCUT2D eigenvalue weighted by Gasteiger charge is 2.35. The minimum atomic E-state index is -0.295. The molecule has 146 valence electrons. The van der Waals surface area contributed by atoms with Crippen LogP contribution in [0.15, 0.2) is 48.5 Å². The fourth-order valence-electron chi connectivity index (χ4n) is 4.33. The normalized spacial score (nSPS) is 21.3. The standard InChI is InChI=1S/C23H26N2O3/c1-28-21-12-5-3-8-17(21)14-25-15-18(13-22(25)26)23(27)24-20-11-6-9-16-7-2-4-10-19(16)20/h2-5,7-8,10,12,18,20H,6,9,11,13-15H2,1H3,(H,24,27). The third kappa shape index (κ3) is 3.75. The van der Waals surface area contributed by atoms with Gasteiger partial charge in [0.1, 0.15) is 5.75 Å². The summed E-state index contributed by atoms with van der Waals surface area (Å²) in [7, 11) is 1.63. The van der Waals surface area contributed by atoms with E-state index in [1.54, 1.807) is 12.0 Å². The van der Waals surface area contributed by atoms with Gasteiger partial charge in [-0.05, 0) is 36.5 Å². The Balaban J connectivity index is 1.41. The molecule has 1 fully saturated rings. The number of amides is 2. The summed E-state index contributed by atoms with van der Waals surface area (Å²) < 4.78 is 5.38. The highest BCUT2D eigenvalue weighted by Crippen LogP contribution is 2.31. The lowest BCUT2D eigenvalue weighted by Gasteiger charge is -2.27. The summed E-state index contributed by atoms with van der Waals surface area (Å²) in [6.45, 7) is 0.927. The number of hydrogen-bond acceptors (Lipinski definition) is 3. The zero-order valence-corrected chi connectivity index (χ0v) is 16.2. The molecule has 0 aromatic heterocycles. The molecule has 2 aromatic rings. The number of para-hydroxylation sites is 1. The molecule has 1 aliphatic heterocycles. The van der Waals surface area contributed by atoms with E-state index in [-0.39, 0.29) is 30.2 Å². The van der Waals surface area contributed by atoms with Gasteiger partial charge in [-0.2, -0.15) is 0 Å². The summed E-state index contributed by atoms with van der Waals surface area (Å²) in [5.74, 6) is 0.478. The van der Waals surface area contributed by atoms with Crippen molar-refractivity contribution in [3.8, 4) is 5.75 Å². The summed E-state index contributed by atoms with van der Waals surface area (Å²) >= 11 is 0. The van der Waals surface area contributed by atoms with Gasteiger partial charge in [0, 0.05) is 25.1 Å². The third-order valence-electron chi connectivity index (χ3n) is 5.82. The number of ether oxygens (including phenoxy) is 1. The van der Waals surface area contributed by atoms with Crippen molar-refractivity contribution in [2.75, 3.05) is 13.7 Å². The van der Waals surface area contributed by atoms with Crippen LogP contribution >= 0.6 is 0 Å². The first-order chi connectivity index (χ1) is 13.7. The zero-order chi connectivity index (χ0) is 19.5. The average Bonchev–Trinajstić information content (AvgIpc) is 3.09. The Morgan fingerprint density at radius 1 is 1.18 bits per heavy atom. The minimum absolute atomic E-state index is 0.0161. The zero-order valence-electron chi connectivity index (χ0n) is 16.2. The number of benzene rings is 2. The van der Waals surface area contributed by atoms with Crippen molar-refractivity contribution < 1.29 is 14.3 Å². The molecule has 4 rings (SSSR count). The van der Waals surface area contributed by atoms with E-state index in [9.17, 15) is 9.59 Å². The molecule has 2 aliphatic rings. The van der Waals surface area contributed by atoms with Gasteiger partial charge in [-0.15, -0.1) is 0 Å². The molecule has 1 aliphatic carbocycles. The van der Waals surface area contributed by atoms with Crippen molar-refractivity contribution in [3.63, 3.8) is 0 Å². The van der Waals surface area contributed by atoms with Crippen LogP contribution < -0.4 is 10.1 Å². The predicted octanol–water partition coefficient (Wildman–Crippen LogP) is 3.24. The number of nitrogens with zero attached hydrogens (tertiary/aromatic N) is 1. The molecule has 5 heteroatoms. The van der Waals surface area contributed by atoms with E-state index in [0.717, 1.165) is 30.6 Å². The molecular weight excluding hydrogens is 352 g/mol. The molecular formula is C23H26N2O3. The van der Waals surface area contributed by atoms with E-state index in [2.05, 4.69) is 23.5 Å². The number of fused-ring (bicyclic) bond motifs is 1. The van der Waals surface area contributed by atoms with Crippen LogP contribution in [0.3, 0.4) is 0 Å². The van der Waals surface area contributed by atoms with Gasteiger partial charge >= 0.3 is 0 Å². The second-order valence-corrected chi connectivity index (χ2v) is 7.64. The summed E-state index contributed by atoms with van der Waals surface area (Å²) in [5, 5.41) is 3.20. The van der Waals surface area contributed by atoms with Gasteiger partial charge < -0.3 is 15.0 Å². The lowest BCUT2D eigenvalue weighted by Crippen LogP contribution is -2.36. The van der Waals surface area contributed by atoms with Crippen LogP contribution in [0.1, 0.15) is 42.0 Å². The van der Waals surface area contributed by atoms with Crippen molar-refractivity contribution in [3.05, 3.63) is 65.2 Å². The van der Waals surface area contributed by atoms with Gasteiger partial charge in [0.2, 0.25) is 11.8 Å². The monoisotopic (exact) mass is 378 g/mol. The van der Waals surface area contributed by atoms with Gasteiger partial charge in [0.15, 0.2) is 0 Å². The molecule has 5 nitrogen and oxygen atoms in total. The topological polar surface area (TPSA) is 58.6 Å². The molecule has 2 unspecified atom stereocenters. The molecule has 1 N–H and O–H groups in total. The van der Waals surface area contributed by atoms with E-state index in [1.165, 1.54) is 11.1 Å². The number of nitrogens with one attached hydrogen (secondary N) is 1. The lowest BCUT2D eigenvalue weighted by atomic mass is 9.87. The maximum Gasteiger partial charge on any atom is 0.225 e. The average molecular weight is 378 g/mol. The Morgan fingerprint density at radius 3 is 2.82 bits per heavy atom. The Hall–Kier alpha value is -2.82. The summed E-state index contributed by atoms with van der Waals surface area (Å²) in [4.78, 5) is 27.1. The van der Waals surface area contributed by atoms with Gasteiger partial charge in [-0.25, -0.2) is 0 Å². The van der Waals surface area contributed by atoms with Crippen LogP contribution in [0.25, 0.3) is 0 Å². The number of methoxy groups -OCH3 is 1. The van der Waals surface area contributed by atoms with Crippen LogP contribution in [0.5, 0.6) is 5.75 Å². The molecule has 0 radical (unpaired) electrons. The van der Waals surface area contributed by atoms with Crippen molar-refractivity contribution in [2.45, 2.75) is 38.3 Å². The number of carbonyl (C=O) groups is 2. The van der Waals surface area contributed by atoms with Crippen molar-refractivity contribution in [1.82, 2.24) is 10.2 Å². The van der Waals surface area contributed by atoms with E-state index in [1.807, 2.05) is 30.3 Å². The molecule has 1 heterocycles. The number of likely N-dealkylation sites (tertiary alicyclic amines) is 1. The van der Waals surface area contributed by atoms with Crippen LogP contribution in [0, 0.1) is 5.92 Å². The Labute approximate surface area is 165 Å². The summed E-state index contributed by atoms with van der Waals surface area (Å²) in [6.07, 6.45) is 3.37. The first-order valence-electron chi connectivity index (χ1n) is 9.93. The highest BCUT2D eigenvalue weighted by atomic mass is 16.5. The van der Waals surface area contributed by atoms with Gasteiger partial charge in [0.05, 0.1) is 19.1 Å². The van der Waals surface area contributed by atoms with Crippen LogP contribution in [0.4, 0.5) is 0 Å². The lowest BCUT2D eigenvalue weighted by molar-refractivity contribution is -0.129. The quantitative estimate of drug-likeness (QED) is 0.869. The largest absolute Gasteiger partial charge is 0.496 e. The summed E-state index contributed by atoms with van der Waals surface area (Å²) in [6, 6.07) is 16.1. The fraction of sp³-hybridized carbons (Fsp3) is 0.391. The highest BCUT2D eigenvalue weighted by molar-refractivity contribution is 5.89. The Kier molecular flexibility index (Phi) is 5.33. The second kappa shape index (κ2) is 8.05. The van der Waals surface area contributed by atoms with Crippen LogP contribution in [-0.2, 0) is 22.6 Å².